The minimum atomic E-state index is -1.22. The summed E-state index contributed by atoms with van der Waals surface area (Å²) in [6, 6.07) is 14.9. The number of anilines is 1. The van der Waals surface area contributed by atoms with Gasteiger partial charge in [-0.25, -0.2) is 0 Å². The number of rotatable bonds is 7. The van der Waals surface area contributed by atoms with Crippen LogP contribution in [0.2, 0.25) is 0 Å². The number of carboxylic acids is 1. The lowest BCUT2D eigenvalue weighted by molar-refractivity contribution is -0.149. The van der Waals surface area contributed by atoms with E-state index in [1.165, 1.54) is 0 Å². The molecule has 7 rings (SSSR count). The summed E-state index contributed by atoms with van der Waals surface area (Å²) in [5.41, 5.74) is 2.56. The van der Waals surface area contributed by atoms with Gasteiger partial charge < -0.3 is 20.1 Å². The Hall–Kier alpha value is -3.90. The minimum absolute atomic E-state index is 0.0431. The van der Waals surface area contributed by atoms with Gasteiger partial charge in [0, 0.05) is 27.3 Å². The number of hydrogen-bond donors (Lipinski definition) is 3. The number of aromatic amines is 1. The molecule has 3 aromatic rings. The average molecular weight is 606 g/mol. The molecule has 6 unspecified atom stereocenters. The molecule has 3 amide bonds. The molecular weight excluding hydrogens is 578 g/mol. The van der Waals surface area contributed by atoms with Crippen LogP contribution in [0.4, 0.5) is 5.69 Å². The number of thiazole rings is 1. The molecule has 7 atom stereocenters. The van der Waals surface area contributed by atoms with E-state index in [1.807, 2.05) is 49.4 Å². The van der Waals surface area contributed by atoms with Crippen LogP contribution in [0.1, 0.15) is 28.3 Å². The molecule has 2 saturated carbocycles. The van der Waals surface area contributed by atoms with Gasteiger partial charge in [-0.15, -0.1) is 11.8 Å². The van der Waals surface area contributed by atoms with Crippen molar-refractivity contribution in [3.63, 3.8) is 0 Å². The fourth-order valence-corrected chi connectivity index (χ4v) is 10.4. The van der Waals surface area contributed by atoms with Crippen LogP contribution in [-0.2, 0) is 19.2 Å². The number of aryl methyl sites for hydroxylation is 1. The zero-order chi connectivity index (χ0) is 29.3. The Morgan fingerprint density at radius 1 is 1.05 bits per heavy atom. The maximum atomic E-state index is 13.4. The standard InChI is InChI=1S/C30H27N3O7S2/c1-13-6-8-14(9-7-13)31-19(34)12-40-18-5-3-2-4-15(18)21-22-16-10-17(25(22)41-27-26(21)42-30(39)32-27)24-23(16)28(37)33(29(24)38)11-20(35)36/h2-9,16-17,21-25H,10-12H2,1H3,(H,31,34)(H,32,39)(H,35,36)/t16?,17?,21-,22?,23?,24?,25?/m1/s1. The van der Waals surface area contributed by atoms with Crippen molar-refractivity contribution in [3.8, 4) is 5.75 Å². The summed E-state index contributed by atoms with van der Waals surface area (Å²) in [6.07, 6.45) is 0.688. The number of aliphatic carboxylic acids is 1. The van der Waals surface area contributed by atoms with Gasteiger partial charge in [-0.05, 0) is 49.3 Å². The minimum Gasteiger partial charge on any atom is -0.483 e. The number of carbonyl (C=O) groups is 4. The smallest absolute Gasteiger partial charge is 0.323 e. The summed E-state index contributed by atoms with van der Waals surface area (Å²) >= 11 is 2.69. The van der Waals surface area contributed by atoms with Gasteiger partial charge in [0.25, 0.3) is 5.91 Å². The normalized spacial score (nSPS) is 28.8. The Morgan fingerprint density at radius 2 is 1.76 bits per heavy atom. The number of fused-ring (bicyclic) bond motifs is 9. The van der Waals surface area contributed by atoms with Gasteiger partial charge >= 0.3 is 10.8 Å². The first-order valence-electron chi connectivity index (χ1n) is 13.8. The van der Waals surface area contributed by atoms with Gasteiger partial charge in [0.05, 0.1) is 16.9 Å². The molecule has 1 aromatic heterocycles. The fourth-order valence-electron chi connectivity index (χ4n) is 7.56. The van der Waals surface area contributed by atoms with E-state index in [1.54, 1.807) is 17.8 Å². The topological polar surface area (TPSA) is 146 Å². The second-order valence-electron chi connectivity index (χ2n) is 11.4. The molecule has 216 valence electrons. The molecule has 2 aliphatic heterocycles. The van der Waals surface area contributed by atoms with E-state index in [9.17, 15) is 29.1 Å². The molecule has 4 aliphatic rings. The van der Waals surface area contributed by atoms with Crippen molar-refractivity contribution >= 4 is 52.5 Å². The first-order valence-corrected chi connectivity index (χ1v) is 15.5. The van der Waals surface area contributed by atoms with Crippen molar-refractivity contribution in [1.29, 1.82) is 0 Å². The summed E-state index contributed by atoms with van der Waals surface area (Å²) in [5, 5.41) is 12.9. The number of likely N-dealkylation sites (tertiary alicyclic amines) is 1. The highest BCUT2D eigenvalue weighted by Gasteiger charge is 2.69. The predicted molar refractivity (Wildman–Crippen MR) is 155 cm³/mol. The van der Waals surface area contributed by atoms with Gasteiger partial charge in [0.15, 0.2) is 6.61 Å². The number of ether oxygens (including phenoxy) is 1. The van der Waals surface area contributed by atoms with Gasteiger partial charge in [-0.1, -0.05) is 47.2 Å². The van der Waals surface area contributed by atoms with E-state index in [0.717, 1.165) is 37.3 Å². The van der Waals surface area contributed by atoms with E-state index in [4.69, 9.17) is 4.74 Å². The largest absolute Gasteiger partial charge is 0.483 e. The Morgan fingerprint density at radius 3 is 2.50 bits per heavy atom. The lowest BCUT2D eigenvalue weighted by Crippen LogP contribution is -2.42. The predicted octanol–water partition coefficient (Wildman–Crippen LogP) is 3.32. The van der Waals surface area contributed by atoms with E-state index in [-0.39, 0.29) is 46.3 Å². The van der Waals surface area contributed by atoms with Gasteiger partial charge in [0.2, 0.25) is 11.8 Å². The molecule has 0 radical (unpaired) electrons. The fraction of sp³-hybridized carbons (Fsp3) is 0.367. The lowest BCUT2D eigenvalue weighted by atomic mass is 9.68. The Labute approximate surface area is 248 Å². The zero-order valence-electron chi connectivity index (χ0n) is 22.4. The summed E-state index contributed by atoms with van der Waals surface area (Å²) in [4.78, 5) is 68.0. The number of benzene rings is 2. The van der Waals surface area contributed by atoms with Crippen LogP contribution >= 0.6 is 23.1 Å². The van der Waals surface area contributed by atoms with Crippen LogP contribution < -0.4 is 14.9 Å². The second-order valence-corrected chi connectivity index (χ2v) is 13.6. The zero-order valence-corrected chi connectivity index (χ0v) is 24.1. The molecule has 10 nitrogen and oxygen atoms in total. The first-order chi connectivity index (χ1) is 20.2. The van der Waals surface area contributed by atoms with Gasteiger partial charge in [-0.2, -0.15) is 0 Å². The monoisotopic (exact) mass is 605 g/mol. The highest BCUT2D eigenvalue weighted by molar-refractivity contribution is 8.00. The molecule has 0 spiro atoms. The Balaban J connectivity index is 1.21. The number of thioether (sulfide) groups is 1. The summed E-state index contributed by atoms with van der Waals surface area (Å²) in [5.74, 6) is -3.57. The molecule has 42 heavy (non-hydrogen) atoms. The highest BCUT2D eigenvalue weighted by atomic mass is 32.2. The van der Waals surface area contributed by atoms with Crippen molar-refractivity contribution in [2.45, 2.75) is 29.5 Å². The van der Waals surface area contributed by atoms with E-state index in [0.29, 0.717) is 17.9 Å². The summed E-state index contributed by atoms with van der Waals surface area (Å²) in [6.45, 7) is 1.12. The Kier molecular flexibility index (Phi) is 6.50. The molecule has 3 N–H and O–H groups in total. The number of nitrogens with one attached hydrogen (secondary N) is 2. The number of nitrogens with zero attached hydrogens (tertiary/aromatic N) is 1. The maximum Gasteiger partial charge on any atom is 0.323 e. The van der Waals surface area contributed by atoms with Crippen molar-refractivity contribution in [3.05, 3.63) is 74.2 Å². The summed E-state index contributed by atoms with van der Waals surface area (Å²) < 4.78 is 6.09. The maximum absolute atomic E-state index is 13.4. The average Bonchev–Trinajstić information content (AvgIpc) is 3.69. The number of H-pyrrole nitrogens is 1. The highest BCUT2D eigenvalue weighted by Crippen LogP contribution is 2.68. The van der Waals surface area contributed by atoms with Crippen molar-refractivity contribution in [2.24, 2.45) is 29.6 Å². The summed E-state index contributed by atoms with van der Waals surface area (Å²) in [7, 11) is 0. The van der Waals surface area contributed by atoms with Crippen LogP contribution in [0.3, 0.4) is 0 Å². The number of aromatic nitrogens is 1. The van der Waals surface area contributed by atoms with Gasteiger partial charge in [0.1, 0.15) is 12.3 Å². The van der Waals surface area contributed by atoms with Crippen LogP contribution in [0, 0.1) is 36.5 Å². The van der Waals surface area contributed by atoms with Crippen molar-refractivity contribution in [2.75, 3.05) is 18.5 Å². The molecule has 3 heterocycles. The number of carbonyl (C=O) groups excluding carboxylic acids is 3. The number of imide groups is 1. The van der Waals surface area contributed by atoms with Crippen LogP contribution in [0.5, 0.6) is 5.75 Å². The molecule has 3 fully saturated rings. The third-order valence-corrected chi connectivity index (χ3v) is 11.6. The van der Waals surface area contributed by atoms with E-state index < -0.39 is 36.2 Å². The van der Waals surface area contributed by atoms with Crippen LogP contribution in [0.15, 0.2) is 58.4 Å². The second kappa shape index (κ2) is 10.1. The third kappa shape index (κ3) is 4.27. The number of amides is 3. The van der Waals surface area contributed by atoms with Crippen LogP contribution in [0.25, 0.3) is 0 Å². The van der Waals surface area contributed by atoms with E-state index >= 15 is 0 Å². The van der Waals surface area contributed by atoms with Gasteiger partial charge in [-0.3, -0.25) is 28.9 Å². The SMILES string of the molecule is Cc1ccc(NC(=O)COc2ccccc2[C@H]2c3sc(=O)[nH]c3SC3C4CC(C5C(=O)N(CC(=O)O)C(=O)C45)C32)cc1. The van der Waals surface area contributed by atoms with Crippen molar-refractivity contribution in [1.82, 2.24) is 9.88 Å². The molecule has 2 aliphatic carbocycles. The molecular formula is C30H27N3O7S2. The first kappa shape index (κ1) is 27.0. The molecule has 12 heteroatoms. The number of para-hydroxylation sites is 1. The quantitative estimate of drug-likeness (QED) is 0.348. The molecule has 2 bridgehead atoms. The van der Waals surface area contributed by atoms with Crippen LogP contribution in [-0.4, -0.2) is 57.1 Å². The van der Waals surface area contributed by atoms with E-state index in [2.05, 4.69) is 10.3 Å². The van der Waals surface area contributed by atoms with Crippen molar-refractivity contribution < 1.29 is 29.0 Å². The lowest BCUT2D eigenvalue weighted by Gasteiger charge is -2.43. The molecule has 1 saturated heterocycles. The third-order valence-electron chi connectivity index (χ3n) is 9.06. The number of hydrogen-bond acceptors (Lipinski definition) is 8. The molecule has 2 aromatic carbocycles. The Bertz CT molecular complexity index is 1680. The number of carboxylic acid groups (broad SMARTS) is 1.